The van der Waals surface area contributed by atoms with Crippen LogP contribution in [-0.2, 0) is 9.53 Å². The second-order valence-corrected chi connectivity index (χ2v) is 9.48. The van der Waals surface area contributed by atoms with Crippen molar-refractivity contribution in [2.24, 2.45) is 11.0 Å². The van der Waals surface area contributed by atoms with Crippen LogP contribution in [0.25, 0.3) is 21.2 Å². The van der Waals surface area contributed by atoms with Gasteiger partial charge in [-0.1, -0.05) is 41.5 Å². The summed E-state index contributed by atoms with van der Waals surface area (Å²) in [5, 5.41) is 9.02. The summed E-state index contributed by atoms with van der Waals surface area (Å²) in [6, 6.07) is 11.2. The molecule has 1 N–H and O–H groups in total. The van der Waals surface area contributed by atoms with Gasteiger partial charge in [-0.25, -0.2) is 4.79 Å². The maximum atomic E-state index is 13.8. The molecule has 1 spiro atoms. The van der Waals surface area contributed by atoms with Crippen LogP contribution < -0.4 is 5.32 Å². The van der Waals surface area contributed by atoms with Crippen LogP contribution in [-0.4, -0.2) is 84.7 Å². The number of nitrogens with one attached hydrogen (secondary N) is 1. The Labute approximate surface area is 197 Å². The lowest BCUT2D eigenvalue weighted by atomic mass is 9.87. The minimum absolute atomic E-state index is 0.0675. The highest BCUT2D eigenvalue weighted by Crippen LogP contribution is 2.54. The Kier molecular flexibility index (Phi) is 5.18. The molecule has 3 amide bonds. The number of azide groups is 1. The molecule has 4 aliphatic heterocycles. The first-order valence-corrected chi connectivity index (χ1v) is 11.9. The van der Waals surface area contributed by atoms with Crippen molar-refractivity contribution in [3.8, 4) is 0 Å². The number of amides is 3. The zero-order chi connectivity index (χ0) is 23.3. The van der Waals surface area contributed by atoms with E-state index in [0.717, 1.165) is 42.4 Å². The lowest BCUT2D eigenvalue weighted by Gasteiger charge is -2.31. The number of hydrogen-bond acceptors (Lipinski definition) is 6. The Morgan fingerprint density at radius 2 is 1.91 bits per heavy atom. The summed E-state index contributed by atoms with van der Waals surface area (Å²) in [5.74, 6) is -0.00355. The fourth-order valence-corrected chi connectivity index (χ4v) is 6.33. The number of benzene rings is 2. The maximum absolute atomic E-state index is 13.8. The lowest BCUT2D eigenvalue weighted by Crippen LogP contribution is -2.51. The fraction of sp³-hybridized carbons (Fsp3) is 0.500. The van der Waals surface area contributed by atoms with Crippen LogP contribution in [0.15, 0.2) is 41.5 Å². The lowest BCUT2D eigenvalue weighted by molar-refractivity contribution is -0.133. The molecular formula is C24H27N7O3. The number of carbonyl (C=O) groups excluding carboxylic acids is 2. The van der Waals surface area contributed by atoms with Crippen LogP contribution in [0, 0.1) is 5.92 Å². The summed E-state index contributed by atoms with van der Waals surface area (Å²) < 4.78 is 5.42. The number of imide groups is 1. The first kappa shape index (κ1) is 21.4. The quantitative estimate of drug-likeness (QED) is 0.318. The Bertz CT molecular complexity index is 1210. The average molecular weight is 462 g/mol. The van der Waals surface area contributed by atoms with E-state index in [1.54, 1.807) is 0 Å². The highest BCUT2D eigenvalue weighted by atomic mass is 16.5. The molecule has 2 aromatic carbocycles. The summed E-state index contributed by atoms with van der Waals surface area (Å²) in [4.78, 5) is 36.1. The number of urea groups is 1. The monoisotopic (exact) mass is 461 g/mol. The molecule has 0 bridgehead atoms. The predicted octanol–water partition coefficient (Wildman–Crippen LogP) is 2.78. The molecule has 0 aromatic heterocycles. The first-order chi connectivity index (χ1) is 16.6. The molecule has 34 heavy (non-hydrogen) atoms. The van der Waals surface area contributed by atoms with E-state index >= 15 is 0 Å². The summed E-state index contributed by atoms with van der Waals surface area (Å²) >= 11 is 0. The first-order valence-electron chi connectivity index (χ1n) is 11.9. The molecule has 0 saturated carbocycles. The molecule has 4 saturated heterocycles. The molecule has 0 aliphatic carbocycles. The topological polar surface area (TPSA) is 114 Å². The second-order valence-electron chi connectivity index (χ2n) is 9.48. The van der Waals surface area contributed by atoms with Crippen LogP contribution in [0.3, 0.4) is 0 Å². The zero-order valence-corrected chi connectivity index (χ0v) is 18.9. The molecule has 176 valence electrons. The van der Waals surface area contributed by atoms with E-state index in [-0.39, 0.29) is 23.9 Å². The highest BCUT2D eigenvalue weighted by molar-refractivity contribution is 6.09. The van der Waals surface area contributed by atoms with Crippen LogP contribution in [0.5, 0.6) is 0 Å². The van der Waals surface area contributed by atoms with Gasteiger partial charge in [0, 0.05) is 55.8 Å². The molecule has 10 nitrogen and oxygen atoms in total. The van der Waals surface area contributed by atoms with Gasteiger partial charge in [0.1, 0.15) is 5.54 Å². The molecule has 1 unspecified atom stereocenters. The van der Waals surface area contributed by atoms with Gasteiger partial charge in [0.2, 0.25) is 0 Å². The molecule has 2 aromatic rings. The fourth-order valence-electron chi connectivity index (χ4n) is 6.33. The molecule has 4 aliphatic rings. The van der Waals surface area contributed by atoms with Crippen molar-refractivity contribution in [2.45, 2.75) is 18.0 Å². The maximum Gasteiger partial charge on any atom is 0.328 e. The summed E-state index contributed by atoms with van der Waals surface area (Å²) in [5.41, 5.74) is 9.71. The van der Waals surface area contributed by atoms with Crippen molar-refractivity contribution in [2.75, 3.05) is 52.5 Å². The summed E-state index contributed by atoms with van der Waals surface area (Å²) in [7, 11) is 0. The predicted molar refractivity (Wildman–Crippen MR) is 125 cm³/mol. The SMILES string of the molecule is [N-]=[N+]=Nc1ccc([C@@H]2C[C@@H]3CNCC34C(=O)N(CCN3CCOCC3)C(=O)N24)c2ccccc12. The van der Waals surface area contributed by atoms with Gasteiger partial charge in [-0.05, 0) is 28.3 Å². The third-order valence-corrected chi connectivity index (χ3v) is 7.95. The number of fused-ring (bicyclic) bond motifs is 1. The van der Waals surface area contributed by atoms with Crippen molar-refractivity contribution >= 4 is 28.4 Å². The molecule has 4 heterocycles. The summed E-state index contributed by atoms with van der Waals surface area (Å²) in [6.45, 7) is 5.28. The second kappa shape index (κ2) is 8.25. The van der Waals surface area contributed by atoms with Crippen molar-refractivity contribution in [1.82, 2.24) is 20.0 Å². The molecule has 0 radical (unpaired) electrons. The minimum Gasteiger partial charge on any atom is -0.379 e. The van der Waals surface area contributed by atoms with Gasteiger partial charge in [0.15, 0.2) is 0 Å². The van der Waals surface area contributed by atoms with Crippen LogP contribution in [0.1, 0.15) is 18.0 Å². The van der Waals surface area contributed by atoms with Gasteiger partial charge in [-0.15, -0.1) is 0 Å². The number of hydrogen-bond donors (Lipinski definition) is 1. The van der Waals surface area contributed by atoms with E-state index < -0.39 is 5.54 Å². The van der Waals surface area contributed by atoms with Gasteiger partial charge in [0.05, 0.1) is 19.3 Å². The van der Waals surface area contributed by atoms with Crippen molar-refractivity contribution in [1.29, 1.82) is 0 Å². The largest absolute Gasteiger partial charge is 0.379 e. The van der Waals surface area contributed by atoms with Crippen LogP contribution in [0.4, 0.5) is 10.5 Å². The Hall–Kier alpha value is -3.17. The summed E-state index contributed by atoms with van der Waals surface area (Å²) in [6.07, 6.45) is 0.729. The molecule has 4 fully saturated rings. The number of carbonyl (C=O) groups is 2. The third-order valence-electron chi connectivity index (χ3n) is 7.95. The van der Waals surface area contributed by atoms with E-state index in [4.69, 9.17) is 10.3 Å². The Balaban J connectivity index is 1.37. The van der Waals surface area contributed by atoms with Crippen LogP contribution in [0.2, 0.25) is 0 Å². The van der Waals surface area contributed by atoms with Gasteiger partial charge in [-0.2, -0.15) is 0 Å². The third kappa shape index (κ3) is 3.03. The molecule has 10 heteroatoms. The Morgan fingerprint density at radius 1 is 1.12 bits per heavy atom. The number of ether oxygens (including phenoxy) is 1. The van der Waals surface area contributed by atoms with E-state index in [0.29, 0.717) is 38.5 Å². The average Bonchev–Trinajstić information content (AvgIpc) is 3.47. The van der Waals surface area contributed by atoms with Gasteiger partial charge >= 0.3 is 6.03 Å². The highest BCUT2D eigenvalue weighted by Gasteiger charge is 2.68. The van der Waals surface area contributed by atoms with Gasteiger partial charge in [0.25, 0.3) is 5.91 Å². The molecule has 3 atom stereocenters. The van der Waals surface area contributed by atoms with Crippen LogP contribution >= 0.6 is 0 Å². The van der Waals surface area contributed by atoms with Gasteiger partial charge < -0.3 is 15.0 Å². The molecular weight excluding hydrogens is 434 g/mol. The van der Waals surface area contributed by atoms with E-state index in [1.165, 1.54) is 4.90 Å². The van der Waals surface area contributed by atoms with E-state index in [2.05, 4.69) is 20.2 Å². The normalized spacial score (nSPS) is 28.9. The number of morpholine rings is 1. The van der Waals surface area contributed by atoms with Crippen molar-refractivity contribution in [3.05, 3.63) is 52.4 Å². The van der Waals surface area contributed by atoms with E-state index in [9.17, 15) is 9.59 Å². The van der Waals surface area contributed by atoms with E-state index in [1.807, 2.05) is 41.3 Å². The minimum atomic E-state index is -0.822. The number of rotatable bonds is 5. The smallest absolute Gasteiger partial charge is 0.328 e. The van der Waals surface area contributed by atoms with Gasteiger partial charge in [-0.3, -0.25) is 14.6 Å². The van der Waals surface area contributed by atoms with Crippen molar-refractivity contribution < 1.29 is 14.3 Å². The molecule has 6 rings (SSSR count). The zero-order valence-electron chi connectivity index (χ0n) is 18.9. The Morgan fingerprint density at radius 3 is 2.71 bits per heavy atom. The standard InChI is InChI=1S/C24H27N7O3/c25-28-27-20-6-5-19(17-3-1-2-4-18(17)20)21-13-16-14-26-15-24(16)22(32)30(23(33)31(21)24)8-7-29-9-11-34-12-10-29/h1-6,16,21,26H,7-15H2/t16-,21+,24?/m1/s1. The van der Waals surface area contributed by atoms with Crippen molar-refractivity contribution in [3.63, 3.8) is 0 Å². The number of nitrogens with zero attached hydrogens (tertiary/aromatic N) is 6.